The summed E-state index contributed by atoms with van der Waals surface area (Å²) >= 11 is 0. The van der Waals surface area contributed by atoms with Crippen LogP contribution in [0.4, 0.5) is 0 Å². The SMILES string of the molecule is Cc1ccc(C(CNC(=O)C2CCN(S(=O)(=O)c3cccnc3)CC2)N2CCOCC2)o1. The van der Waals surface area contributed by atoms with Gasteiger partial charge in [-0.15, -0.1) is 0 Å². The highest BCUT2D eigenvalue weighted by molar-refractivity contribution is 7.89. The van der Waals surface area contributed by atoms with Crippen LogP contribution in [0.3, 0.4) is 0 Å². The summed E-state index contributed by atoms with van der Waals surface area (Å²) < 4.78 is 38.3. The van der Waals surface area contributed by atoms with E-state index in [1.807, 2.05) is 19.1 Å². The van der Waals surface area contributed by atoms with Gasteiger partial charge in [-0.3, -0.25) is 14.7 Å². The van der Waals surface area contributed by atoms with E-state index in [9.17, 15) is 13.2 Å². The zero-order valence-corrected chi connectivity index (χ0v) is 19.1. The molecule has 2 saturated heterocycles. The van der Waals surface area contributed by atoms with Crippen LogP contribution in [0.25, 0.3) is 0 Å². The highest BCUT2D eigenvalue weighted by Crippen LogP contribution is 2.26. The summed E-state index contributed by atoms with van der Waals surface area (Å²) in [6.07, 6.45) is 3.89. The Morgan fingerprint density at radius 1 is 1.19 bits per heavy atom. The fourth-order valence-electron chi connectivity index (χ4n) is 4.28. The third-order valence-electron chi connectivity index (χ3n) is 6.14. The Kier molecular flexibility index (Phi) is 7.24. The second kappa shape index (κ2) is 10.1. The number of carbonyl (C=O) groups excluding carboxylic acids is 1. The molecule has 4 heterocycles. The smallest absolute Gasteiger partial charge is 0.244 e. The number of hydrogen-bond acceptors (Lipinski definition) is 7. The molecule has 1 amide bonds. The van der Waals surface area contributed by atoms with Crippen molar-refractivity contribution in [2.75, 3.05) is 45.9 Å². The molecule has 32 heavy (non-hydrogen) atoms. The van der Waals surface area contributed by atoms with Crippen molar-refractivity contribution in [3.8, 4) is 0 Å². The number of nitrogens with zero attached hydrogens (tertiary/aromatic N) is 3. The maximum atomic E-state index is 12.9. The lowest BCUT2D eigenvalue weighted by molar-refractivity contribution is -0.126. The first kappa shape index (κ1) is 22.9. The van der Waals surface area contributed by atoms with Crippen molar-refractivity contribution in [2.24, 2.45) is 5.92 Å². The number of carbonyl (C=O) groups is 1. The maximum absolute atomic E-state index is 12.9. The molecule has 0 spiro atoms. The molecule has 0 saturated carbocycles. The first-order valence-corrected chi connectivity index (χ1v) is 12.4. The van der Waals surface area contributed by atoms with Crippen molar-refractivity contribution in [1.82, 2.24) is 19.5 Å². The Morgan fingerprint density at radius 3 is 2.56 bits per heavy atom. The monoisotopic (exact) mass is 462 g/mol. The molecule has 0 aromatic carbocycles. The van der Waals surface area contributed by atoms with Crippen LogP contribution in [-0.2, 0) is 19.6 Å². The van der Waals surface area contributed by atoms with Gasteiger partial charge in [0.15, 0.2) is 0 Å². The number of ether oxygens (including phenoxy) is 1. The minimum absolute atomic E-state index is 0.0371. The number of morpholine rings is 1. The molecule has 9 nitrogen and oxygen atoms in total. The van der Waals surface area contributed by atoms with Crippen molar-refractivity contribution in [1.29, 1.82) is 0 Å². The Balaban J connectivity index is 1.34. The minimum atomic E-state index is -3.58. The second-order valence-corrected chi connectivity index (χ2v) is 10.2. The van der Waals surface area contributed by atoms with Crippen molar-refractivity contribution < 1.29 is 22.4 Å². The summed E-state index contributed by atoms with van der Waals surface area (Å²) in [5.41, 5.74) is 0. The summed E-state index contributed by atoms with van der Waals surface area (Å²) in [6, 6.07) is 7.00. The van der Waals surface area contributed by atoms with Gasteiger partial charge in [-0.1, -0.05) is 0 Å². The third-order valence-corrected chi connectivity index (χ3v) is 8.02. The van der Waals surface area contributed by atoms with Crippen molar-refractivity contribution in [2.45, 2.75) is 30.7 Å². The Bertz CT molecular complexity index is 996. The van der Waals surface area contributed by atoms with Gasteiger partial charge in [0.2, 0.25) is 15.9 Å². The molecule has 2 aromatic heterocycles. The zero-order chi connectivity index (χ0) is 22.6. The summed E-state index contributed by atoms with van der Waals surface area (Å²) in [4.78, 5) is 19.2. The number of furan rings is 1. The number of nitrogens with one attached hydrogen (secondary N) is 1. The molecule has 4 rings (SSSR count). The lowest BCUT2D eigenvalue weighted by Crippen LogP contribution is -2.46. The lowest BCUT2D eigenvalue weighted by atomic mass is 9.97. The largest absolute Gasteiger partial charge is 0.465 e. The third kappa shape index (κ3) is 5.20. The summed E-state index contributed by atoms with van der Waals surface area (Å²) in [5, 5.41) is 3.08. The van der Waals surface area contributed by atoms with E-state index in [1.54, 1.807) is 18.3 Å². The van der Waals surface area contributed by atoms with Crippen LogP contribution >= 0.6 is 0 Å². The average molecular weight is 463 g/mol. The van der Waals surface area contributed by atoms with Crippen LogP contribution in [0.1, 0.15) is 30.4 Å². The van der Waals surface area contributed by atoms with Crippen LogP contribution in [0.2, 0.25) is 0 Å². The molecule has 1 N–H and O–H groups in total. The van der Waals surface area contributed by atoms with Gasteiger partial charge in [-0.05, 0) is 44.0 Å². The van der Waals surface area contributed by atoms with Gasteiger partial charge in [0.1, 0.15) is 16.4 Å². The molecule has 0 bridgehead atoms. The van der Waals surface area contributed by atoms with Crippen LogP contribution < -0.4 is 5.32 Å². The van der Waals surface area contributed by atoms with E-state index in [1.165, 1.54) is 10.5 Å². The van der Waals surface area contributed by atoms with Gasteiger partial charge in [-0.25, -0.2) is 8.42 Å². The number of hydrogen-bond donors (Lipinski definition) is 1. The maximum Gasteiger partial charge on any atom is 0.244 e. The molecular weight excluding hydrogens is 432 g/mol. The number of piperidine rings is 1. The van der Waals surface area contributed by atoms with E-state index >= 15 is 0 Å². The molecule has 2 aliphatic heterocycles. The minimum Gasteiger partial charge on any atom is -0.465 e. The Hall–Kier alpha value is -2.27. The van der Waals surface area contributed by atoms with Crippen LogP contribution in [-0.4, -0.2) is 74.5 Å². The average Bonchev–Trinajstić information content (AvgIpc) is 3.26. The predicted molar refractivity (Wildman–Crippen MR) is 117 cm³/mol. The number of sulfonamides is 1. The second-order valence-electron chi connectivity index (χ2n) is 8.22. The molecule has 2 fully saturated rings. The van der Waals surface area contributed by atoms with Gasteiger partial charge in [0.25, 0.3) is 0 Å². The predicted octanol–water partition coefficient (Wildman–Crippen LogP) is 1.57. The Morgan fingerprint density at radius 2 is 1.94 bits per heavy atom. The van der Waals surface area contributed by atoms with E-state index in [0.717, 1.165) is 24.6 Å². The van der Waals surface area contributed by atoms with Gasteiger partial charge in [0, 0.05) is 51.0 Å². The van der Waals surface area contributed by atoms with E-state index < -0.39 is 10.0 Å². The highest BCUT2D eigenvalue weighted by Gasteiger charge is 2.33. The fraction of sp³-hybridized carbons (Fsp3) is 0.545. The molecule has 174 valence electrons. The number of aryl methyl sites for hydroxylation is 1. The van der Waals surface area contributed by atoms with Gasteiger partial charge in [0.05, 0.1) is 19.3 Å². The van der Waals surface area contributed by atoms with Crippen LogP contribution in [0, 0.1) is 12.8 Å². The first-order chi connectivity index (χ1) is 15.4. The van der Waals surface area contributed by atoms with Gasteiger partial charge in [-0.2, -0.15) is 4.31 Å². The molecule has 1 atom stereocenters. The molecule has 2 aromatic rings. The molecule has 2 aliphatic rings. The van der Waals surface area contributed by atoms with E-state index in [0.29, 0.717) is 45.7 Å². The Labute approximate surface area is 188 Å². The van der Waals surface area contributed by atoms with Crippen molar-refractivity contribution in [3.05, 3.63) is 48.2 Å². The number of amides is 1. The molecule has 10 heteroatoms. The normalized spacial score (nSPS) is 20.2. The van der Waals surface area contributed by atoms with Crippen LogP contribution in [0.5, 0.6) is 0 Å². The summed E-state index contributed by atoms with van der Waals surface area (Å²) in [7, 11) is -3.58. The molecule has 0 radical (unpaired) electrons. The zero-order valence-electron chi connectivity index (χ0n) is 18.3. The van der Waals surface area contributed by atoms with E-state index in [4.69, 9.17) is 9.15 Å². The standard InChI is InChI=1S/C22H30N4O5S/c1-17-4-5-21(31-17)20(25-11-13-30-14-12-25)16-24-22(27)18-6-9-26(10-7-18)32(28,29)19-3-2-8-23-15-19/h2-5,8,15,18,20H,6-7,9-14,16H2,1H3,(H,24,27). The quantitative estimate of drug-likeness (QED) is 0.666. The fourth-order valence-corrected chi connectivity index (χ4v) is 5.71. The van der Waals surface area contributed by atoms with E-state index in [2.05, 4.69) is 15.2 Å². The summed E-state index contributed by atoms with van der Waals surface area (Å²) in [6.45, 7) is 5.88. The van der Waals surface area contributed by atoms with Crippen molar-refractivity contribution >= 4 is 15.9 Å². The van der Waals surface area contributed by atoms with E-state index in [-0.39, 0.29) is 22.8 Å². The topological polar surface area (TPSA) is 105 Å². The summed E-state index contributed by atoms with van der Waals surface area (Å²) in [5.74, 6) is 1.43. The molecular formula is C22H30N4O5S. The number of pyridine rings is 1. The van der Waals surface area contributed by atoms with Crippen molar-refractivity contribution in [3.63, 3.8) is 0 Å². The first-order valence-electron chi connectivity index (χ1n) is 11.0. The van der Waals surface area contributed by atoms with Gasteiger partial charge < -0.3 is 14.5 Å². The van der Waals surface area contributed by atoms with Crippen LogP contribution in [0.15, 0.2) is 46.0 Å². The lowest BCUT2D eigenvalue weighted by Gasteiger charge is -2.34. The molecule has 1 unspecified atom stereocenters. The van der Waals surface area contributed by atoms with Gasteiger partial charge >= 0.3 is 0 Å². The molecule has 0 aliphatic carbocycles. The number of aromatic nitrogens is 1. The highest BCUT2D eigenvalue weighted by atomic mass is 32.2. The number of rotatable bonds is 7.